The zero-order valence-corrected chi connectivity index (χ0v) is 38.6. The molecule has 12 unspecified atom stereocenters. The topological polar surface area (TPSA) is 9.23 Å². The van der Waals surface area contributed by atoms with Gasteiger partial charge in [-0.05, 0) is 134 Å². The van der Waals surface area contributed by atoms with Gasteiger partial charge >= 0.3 is 0 Å². The molecule has 4 aliphatic carbocycles. The maximum atomic E-state index is 6.79. The van der Waals surface area contributed by atoms with Crippen molar-refractivity contribution in [2.24, 2.45) is 46.8 Å². The van der Waals surface area contributed by atoms with Crippen LogP contribution < -0.4 is 0 Å². The van der Waals surface area contributed by atoms with Gasteiger partial charge in [0.05, 0.1) is 14.2 Å². The second-order valence-electron chi connectivity index (χ2n) is 24.1. The number of benzene rings is 2. The average molecular weight is 739 g/mol. The molecule has 0 bridgehead atoms. The summed E-state index contributed by atoms with van der Waals surface area (Å²) in [7, 11) is 0.324. The van der Waals surface area contributed by atoms with E-state index in [0.29, 0.717) is 17.8 Å². The fraction of sp³-hybridized carbons (Fsp3) is 0.765. The van der Waals surface area contributed by atoms with Gasteiger partial charge in [-0.25, -0.2) is 0 Å². The lowest BCUT2D eigenvalue weighted by Crippen LogP contribution is -2.51. The first-order chi connectivity index (χ1) is 24.4. The Balaban J connectivity index is 1.39. The molecule has 0 saturated heterocycles. The fourth-order valence-corrected chi connectivity index (χ4v) is 20.6. The van der Waals surface area contributed by atoms with Gasteiger partial charge in [-0.1, -0.05) is 165 Å². The Morgan fingerprint density at radius 1 is 0.566 bits per heavy atom. The molecule has 2 aromatic carbocycles. The molecule has 53 heavy (non-hydrogen) atoms. The van der Waals surface area contributed by atoms with Crippen molar-refractivity contribution >= 4 is 8.07 Å². The first kappa shape index (κ1) is 41.3. The summed E-state index contributed by atoms with van der Waals surface area (Å²) in [5.41, 5.74) is 10.1. The van der Waals surface area contributed by atoms with Crippen molar-refractivity contribution in [3.05, 3.63) is 70.3 Å². The van der Waals surface area contributed by atoms with E-state index in [2.05, 4.69) is 152 Å². The standard InChI is InChI=1S/C51H82OSi/c1-31-25-40-38(33-21-23-35(24-22-33)48(3,4)5)19-18-20-39(40)46(31)53(16,17)47-32(2)26-41-42(47)30-43(51(12,13)14)45(52-15)44(41)34-27-36(49(6,7)8)29-37(28-34)50(9,10)11/h21-24,27-29,31-32,38-47H,18-20,25-26,30H2,1-17H3. The molecule has 0 aromatic heterocycles. The summed E-state index contributed by atoms with van der Waals surface area (Å²) in [6.45, 7) is 40.2. The lowest BCUT2D eigenvalue weighted by atomic mass is 9.58. The highest BCUT2D eigenvalue weighted by molar-refractivity contribution is 6.80. The van der Waals surface area contributed by atoms with Crippen molar-refractivity contribution in [1.82, 2.24) is 0 Å². The Bertz CT molecular complexity index is 1540. The summed E-state index contributed by atoms with van der Waals surface area (Å²) in [6, 6.07) is 17.7. The molecule has 0 spiro atoms. The normalized spacial score (nSPS) is 35.6. The molecule has 0 radical (unpaired) electrons. The number of hydrogen-bond acceptors (Lipinski definition) is 1. The van der Waals surface area contributed by atoms with Gasteiger partial charge in [0.15, 0.2) is 0 Å². The first-order valence-corrected chi connectivity index (χ1v) is 25.3. The quantitative estimate of drug-likeness (QED) is 0.278. The molecule has 2 heteroatoms. The van der Waals surface area contributed by atoms with Gasteiger partial charge in [-0.3, -0.25) is 0 Å². The van der Waals surface area contributed by atoms with Crippen LogP contribution in [0.15, 0.2) is 42.5 Å². The van der Waals surface area contributed by atoms with E-state index in [4.69, 9.17) is 4.74 Å². The third kappa shape index (κ3) is 7.70. The fourth-order valence-electron chi connectivity index (χ4n) is 13.9. The summed E-state index contributed by atoms with van der Waals surface area (Å²) in [4.78, 5) is 0. The van der Waals surface area contributed by atoms with E-state index in [9.17, 15) is 0 Å². The van der Waals surface area contributed by atoms with Crippen LogP contribution >= 0.6 is 0 Å². The minimum atomic E-state index is -1.72. The van der Waals surface area contributed by atoms with Gasteiger partial charge in [0.2, 0.25) is 0 Å². The molecular weight excluding hydrogens is 657 g/mol. The summed E-state index contributed by atoms with van der Waals surface area (Å²) >= 11 is 0. The number of hydrogen-bond donors (Lipinski definition) is 0. The Hall–Kier alpha value is -1.38. The van der Waals surface area contributed by atoms with Crippen LogP contribution in [0.3, 0.4) is 0 Å². The molecule has 0 N–H and O–H groups in total. The number of ether oxygens (including phenoxy) is 1. The second kappa shape index (κ2) is 14.2. The van der Waals surface area contributed by atoms with E-state index < -0.39 is 8.07 Å². The van der Waals surface area contributed by atoms with Crippen LogP contribution in [-0.2, 0) is 21.0 Å². The summed E-state index contributed by atoms with van der Waals surface area (Å²) in [5.74, 6) is 6.63. The van der Waals surface area contributed by atoms with Crippen LogP contribution in [0.5, 0.6) is 0 Å². The smallest absolute Gasteiger partial charge is 0.0675 e. The van der Waals surface area contributed by atoms with Crippen molar-refractivity contribution < 1.29 is 4.74 Å². The molecule has 4 fully saturated rings. The molecule has 1 nitrogen and oxygen atoms in total. The minimum Gasteiger partial charge on any atom is -0.381 e. The van der Waals surface area contributed by atoms with Crippen molar-refractivity contribution in [2.75, 3.05) is 7.11 Å². The van der Waals surface area contributed by atoms with Crippen LogP contribution in [-0.4, -0.2) is 21.3 Å². The SMILES string of the molecule is COC1C(c2cc(C(C)(C)C)cc(C(C)(C)C)c2)C2CC(C)C([Si](C)(C)C3C(C)CC4C(c5ccc(C(C)(C)C)cc5)CCCC43)C2CC1C(C)(C)C. The van der Waals surface area contributed by atoms with Gasteiger partial charge in [0.1, 0.15) is 0 Å². The highest BCUT2D eigenvalue weighted by Crippen LogP contribution is 2.68. The predicted molar refractivity (Wildman–Crippen MR) is 233 cm³/mol. The first-order valence-electron chi connectivity index (χ1n) is 22.1. The molecule has 4 aliphatic rings. The van der Waals surface area contributed by atoms with E-state index in [1.807, 2.05) is 7.11 Å². The van der Waals surface area contributed by atoms with Gasteiger partial charge in [-0.2, -0.15) is 0 Å². The van der Waals surface area contributed by atoms with Crippen LogP contribution in [0.25, 0.3) is 0 Å². The Labute approximate surface area is 329 Å². The Morgan fingerprint density at radius 2 is 1.08 bits per heavy atom. The van der Waals surface area contributed by atoms with Crippen molar-refractivity contribution in [2.45, 2.75) is 194 Å². The van der Waals surface area contributed by atoms with Crippen LogP contribution in [0.1, 0.15) is 175 Å². The molecule has 296 valence electrons. The Kier molecular flexibility index (Phi) is 11.1. The lowest BCUT2D eigenvalue weighted by Gasteiger charge is -2.53. The monoisotopic (exact) mass is 739 g/mol. The maximum absolute atomic E-state index is 6.79. The number of fused-ring (bicyclic) bond motifs is 2. The number of methoxy groups -OCH3 is 1. The predicted octanol–water partition coefficient (Wildman–Crippen LogP) is 14.7. The van der Waals surface area contributed by atoms with Gasteiger partial charge < -0.3 is 4.74 Å². The molecule has 2 aromatic rings. The highest BCUT2D eigenvalue weighted by atomic mass is 28.3. The zero-order valence-electron chi connectivity index (χ0n) is 37.6. The van der Waals surface area contributed by atoms with Crippen LogP contribution in [0.4, 0.5) is 0 Å². The molecule has 6 rings (SSSR count). The Morgan fingerprint density at radius 3 is 1.57 bits per heavy atom. The van der Waals surface area contributed by atoms with E-state index in [-0.39, 0.29) is 27.8 Å². The van der Waals surface area contributed by atoms with E-state index >= 15 is 0 Å². The third-order valence-electron chi connectivity index (χ3n) is 16.2. The molecule has 4 saturated carbocycles. The van der Waals surface area contributed by atoms with E-state index in [1.54, 1.807) is 11.1 Å². The van der Waals surface area contributed by atoms with Crippen LogP contribution in [0, 0.1) is 46.8 Å². The van der Waals surface area contributed by atoms with E-state index in [0.717, 1.165) is 46.6 Å². The van der Waals surface area contributed by atoms with Gasteiger partial charge in [0, 0.05) is 13.0 Å². The number of rotatable bonds is 5. The van der Waals surface area contributed by atoms with Crippen LogP contribution in [0.2, 0.25) is 24.2 Å². The lowest BCUT2D eigenvalue weighted by molar-refractivity contribution is -0.0690. The third-order valence-corrected chi connectivity index (χ3v) is 21.7. The van der Waals surface area contributed by atoms with E-state index in [1.165, 1.54) is 55.2 Å². The highest BCUT2D eigenvalue weighted by Gasteiger charge is 2.62. The maximum Gasteiger partial charge on any atom is 0.0675 e. The molecule has 0 heterocycles. The summed E-state index contributed by atoms with van der Waals surface area (Å²) < 4.78 is 6.79. The second-order valence-corrected chi connectivity index (χ2v) is 29.1. The van der Waals surface area contributed by atoms with Gasteiger partial charge in [0.25, 0.3) is 0 Å². The van der Waals surface area contributed by atoms with Gasteiger partial charge in [-0.15, -0.1) is 0 Å². The minimum absolute atomic E-state index is 0.109. The molecule has 12 atom stereocenters. The summed E-state index contributed by atoms with van der Waals surface area (Å²) in [5, 5.41) is 0. The molecule has 0 amide bonds. The van der Waals surface area contributed by atoms with Crippen molar-refractivity contribution in [3.63, 3.8) is 0 Å². The summed E-state index contributed by atoms with van der Waals surface area (Å²) in [6.07, 6.45) is 8.69. The zero-order chi connectivity index (χ0) is 39.2. The average Bonchev–Trinajstić information content (AvgIpc) is 3.57. The molecule has 0 aliphatic heterocycles. The largest absolute Gasteiger partial charge is 0.381 e. The van der Waals surface area contributed by atoms with Crippen molar-refractivity contribution in [3.8, 4) is 0 Å². The molecular formula is C51H82OSi. The van der Waals surface area contributed by atoms with Crippen molar-refractivity contribution in [1.29, 1.82) is 0 Å².